The van der Waals surface area contributed by atoms with Crippen LogP contribution in [0.5, 0.6) is 0 Å². The van der Waals surface area contributed by atoms with E-state index in [1.807, 2.05) is 6.92 Å². The molecule has 1 aliphatic carbocycles. The Kier molecular flexibility index (Phi) is 3.91. The molecule has 0 amide bonds. The van der Waals surface area contributed by atoms with Gasteiger partial charge in [-0.3, -0.25) is 9.69 Å². The first-order valence-corrected chi connectivity index (χ1v) is 5.43. The molecule has 0 heterocycles. The minimum absolute atomic E-state index is 0.138. The van der Waals surface area contributed by atoms with E-state index in [1.165, 1.54) is 25.7 Å². The predicted molar refractivity (Wildman–Crippen MR) is 54.8 cm³/mol. The van der Waals surface area contributed by atoms with Crippen LogP contribution in [0, 0.1) is 0 Å². The summed E-state index contributed by atoms with van der Waals surface area (Å²) in [5, 5.41) is 0. The van der Waals surface area contributed by atoms with E-state index in [9.17, 15) is 4.79 Å². The molecule has 0 radical (unpaired) electrons. The third-order valence-electron chi connectivity index (χ3n) is 2.87. The molecule has 0 aliphatic heterocycles. The van der Waals surface area contributed by atoms with Crippen LogP contribution < -0.4 is 0 Å². The fourth-order valence-electron chi connectivity index (χ4n) is 1.67. The van der Waals surface area contributed by atoms with Gasteiger partial charge in [-0.15, -0.1) is 0 Å². The van der Waals surface area contributed by atoms with Gasteiger partial charge in [-0.1, -0.05) is 13.3 Å². The number of rotatable bonds is 6. The van der Waals surface area contributed by atoms with E-state index in [-0.39, 0.29) is 6.04 Å². The zero-order valence-corrected chi connectivity index (χ0v) is 9.05. The Morgan fingerprint density at radius 3 is 2.54 bits per heavy atom. The summed E-state index contributed by atoms with van der Waals surface area (Å²) < 4.78 is 0. The molecule has 0 aromatic heterocycles. The van der Waals surface area contributed by atoms with E-state index in [2.05, 4.69) is 11.8 Å². The molecule has 1 rings (SSSR count). The quantitative estimate of drug-likeness (QED) is 0.629. The number of ketones is 1. The molecule has 2 nitrogen and oxygen atoms in total. The van der Waals surface area contributed by atoms with Gasteiger partial charge < -0.3 is 0 Å². The number of hydrogen-bond donors (Lipinski definition) is 0. The number of unbranched alkanes of at least 4 members (excludes halogenated alkanes) is 1. The highest BCUT2D eigenvalue weighted by Gasteiger charge is 2.32. The molecular weight excluding hydrogens is 162 g/mol. The lowest BCUT2D eigenvalue weighted by Crippen LogP contribution is -2.40. The van der Waals surface area contributed by atoms with Gasteiger partial charge in [0.05, 0.1) is 6.04 Å². The van der Waals surface area contributed by atoms with Crippen LogP contribution in [0.2, 0.25) is 0 Å². The Balaban J connectivity index is 2.40. The highest BCUT2D eigenvalue weighted by atomic mass is 16.1. The lowest BCUT2D eigenvalue weighted by molar-refractivity contribution is -0.121. The second-order valence-electron chi connectivity index (χ2n) is 4.11. The maximum absolute atomic E-state index is 11.2. The molecule has 0 aromatic rings. The maximum Gasteiger partial charge on any atom is 0.146 e. The molecule has 2 heteroatoms. The molecule has 1 saturated carbocycles. The van der Waals surface area contributed by atoms with Gasteiger partial charge >= 0.3 is 0 Å². The van der Waals surface area contributed by atoms with Gasteiger partial charge in [0.25, 0.3) is 0 Å². The van der Waals surface area contributed by atoms with E-state index in [0.717, 1.165) is 6.54 Å². The van der Waals surface area contributed by atoms with Crippen molar-refractivity contribution in [1.29, 1.82) is 0 Å². The van der Waals surface area contributed by atoms with Crippen molar-refractivity contribution < 1.29 is 4.79 Å². The fourth-order valence-corrected chi connectivity index (χ4v) is 1.67. The third-order valence-corrected chi connectivity index (χ3v) is 2.87. The Morgan fingerprint density at radius 2 is 2.15 bits per heavy atom. The molecule has 1 fully saturated rings. The van der Waals surface area contributed by atoms with Crippen LogP contribution in [-0.2, 0) is 4.79 Å². The average Bonchev–Trinajstić information content (AvgIpc) is 2.88. The highest BCUT2D eigenvalue weighted by molar-refractivity contribution is 5.81. The smallest absolute Gasteiger partial charge is 0.146 e. The SMILES string of the molecule is CCCCN(C1CC1)C(C)C(C)=O. The van der Waals surface area contributed by atoms with Gasteiger partial charge in [-0.2, -0.15) is 0 Å². The Bertz CT molecular complexity index is 175. The van der Waals surface area contributed by atoms with E-state index in [0.29, 0.717) is 11.8 Å². The summed E-state index contributed by atoms with van der Waals surface area (Å²) in [5.74, 6) is 0.308. The highest BCUT2D eigenvalue weighted by Crippen LogP contribution is 2.29. The first-order valence-electron chi connectivity index (χ1n) is 5.43. The normalized spacial score (nSPS) is 19.1. The van der Waals surface area contributed by atoms with Gasteiger partial charge in [0.1, 0.15) is 5.78 Å². The Morgan fingerprint density at radius 1 is 1.54 bits per heavy atom. The van der Waals surface area contributed by atoms with Gasteiger partial charge in [0, 0.05) is 6.04 Å². The van der Waals surface area contributed by atoms with E-state index in [1.54, 1.807) is 6.92 Å². The van der Waals surface area contributed by atoms with Crippen molar-refractivity contribution in [3.05, 3.63) is 0 Å². The lowest BCUT2D eigenvalue weighted by Gasteiger charge is -2.26. The monoisotopic (exact) mass is 183 g/mol. The zero-order valence-electron chi connectivity index (χ0n) is 9.05. The Labute approximate surface area is 81.3 Å². The van der Waals surface area contributed by atoms with E-state index in [4.69, 9.17) is 0 Å². The molecule has 0 spiro atoms. The minimum Gasteiger partial charge on any atom is -0.298 e. The molecule has 0 bridgehead atoms. The molecule has 0 N–H and O–H groups in total. The molecule has 13 heavy (non-hydrogen) atoms. The van der Waals surface area contributed by atoms with Crippen LogP contribution in [0.4, 0.5) is 0 Å². The topological polar surface area (TPSA) is 20.3 Å². The minimum atomic E-state index is 0.138. The summed E-state index contributed by atoms with van der Waals surface area (Å²) in [7, 11) is 0. The van der Waals surface area contributed by atoms with Crippen LogP contribution in [0.25, 0.3) is 0 Å². The van der Waals surface area contributed by atoms with Crippen molar-refractivity contribution in [2.24, 2.45) is 0 Å². The average molecular weight is 183 g/mol. The van der Waals surface area contributed by atoms with Crippen LogP contribution in [0.15, 0.2) is 0 Å². The summed E-state index contributed by atoms with van der Waals surface area (Å²) in [6.45, 7) is 7.04. The molecule has 1 unspecified atom stereocenters. The summed E-state index contributed by atoms with van der Waals surface area (Å²) in [6.07, 6.45) is 5.02. The first kappa shape index (κ1) is 10.7. The van der Waals surface area contributed by atoms with Crippen LogP contribution in [-0.4, -0.2) is 29.3 Å². The maximum atomic E-state index is 11.2. The van der Waals surface area contributed by atoms with Crippen molar-refractivity contribution in [3.8, 4) is 0 Å². The standard InChI is InChI=1S/C11H21NO/c1-4-5-8-12(11-6-7-11)9(2)10(3)13/h9,11H,4-8H2,1-3H3. The molecule has 0 saturated heterocycles. The fraction of sp³-hybridized carbons (Fsp3) is 0.909. The summed E-state index contributed by atoms with van der Waals surface area (Å²) in [4.78, 5) is 13.6. The number of carbonyl (C=O) groups excluding carboxylic acids is 1. The molecule has 1 atom stereocenters. The molecule has 76 valence electrons. The predicted octanol–water partition coefficient (Wildman–Crippen LogP) is 2.23. The molecular formula is C11H21NO. The van der Waals surface area contributed by atoms with Gasteiger partial charge in [0.2, 0.25) is 0 Å². The largest absolute Gasteiger partial charge is 0.298 e. The van der Waals surface area contributed by atoms with Gasteiger partial charge in [-0.25, -0.2) is 0 Å². The second-order valence-corrected chi connectivity index (χ2v) is 4.11. The van der Waals surface area contributed by atoms with Crippen molar-refractivity contribution >= 4 is 5.78 Å². The van der Waals surface area contributed by atoms with E-state index >= 15 is 0 Å². The van der Waals surface area contributed by atoms with Crippen molar-refractivity contribution in [1.82, 2.24) is 4.90 Å². The number of nitrogens with zero attached hydrogens (tertiary/aromatic N) is 1. The summed E-state index contributed by atoms with van der Waals surface area (Å²) in [5.41, 5.74) is 0. The van der Waals surface area contributed by atoms with Crippen molar-refractivity contribution in [2.45, 2.75) is 58.5 Å². The third kappa shape index (κ3) is 3.11. The van der Waals surface area contributed by atoms with Crippen LogP contribution in [0.1, 0.15) is 46.5 Å². The number of Topliss-reactive ketones (excluding diaryl/α,β-unsaturated/α-hetero) is 1. The van der Waals surface area contributed by atoms with Crippen molar-refractivity contribution in [2.75, 3.05) is 6.54 Å². The van der Waals surface area contributed by atoms with Crippen LogP contribution in [0.3, 0.4) is 0 Å². The molecule has 1 aliphatic rings. The number of carbonyl (C=O) groups is 1. The summed E-state index contributed by atoms with van der Waals surface area (Å²) >= 11 is 0. The first-order chi connectivity index (χ1) is 6.16. The zero-order chi connectivity index (χ0) is 9.84. The van der Waals surface area contributed by atoms with E-state index < -0.39 is 0 Å². The number of hydrogen-bond acceptors (Lipinski definition) is 2. The lowest BCUT2D eigenvalue weighted by atomic mass is 10.2. The Hall–Kier alpha value is -0.370. The summed E-state index contributed by atoms with van der Waals surface area (Å²) in [6, 6.07) is 0.851. The second kappa shape index (κ2) is 4.75. The van der Waals surface area contributed by atoms with Crippen molar-refractivity contribution in [3.63, 3.8) is 0 Å². The van der Waals surface area contributed by atoms with Gasteiger partial charge in [-0.05, 0) is 39.7 Å². The van der Waals surface area contributed by atoms with Gasteiger partial charge in [0.15, 0.2) is 0 Å². The molecule has 0 aromatic carbocycles. The van der Waals surface area contributed by atoms with Crippen LogP contribution >= 0.6 is 0 Å².